The molecule has 1 amide bonds. The number of carbonyl (C=O) groups is 1. The zero-order valence-corrected chi connectivity index (χ0v) is 17.3. The average molecular weight is 442 g/mol. The predicted molar refractivity (Wildman–Crippen MR) is 114 cm³/mol. The van der Waals surface area contributed by atoms with Gasteiger partial charge in [-0.15, -0.1) is 10.2 Å². The van der Waals surface area contributed by atoms with E-state index >= 15 is 0 Å². The van der Waals surface area contributed by atoms with Gasteiger partial charge in [-0.05, 0) is 48.5 Å². The fourth-order valence-corrected chi connectivity index (χ4v) is 3.64. The van der Waals surface area contributed by atoms with Crippen molar-refractivity contribution in [3.05, 3.63) is 71.8 Å². The zero-order chi connectivity index (χ0) is 22.7. The Hall–Kier alpha value is -3.62. The molecule has 0 aliphatic carbocycles. The minimum atomic E-state index is -4.57. The summed E-state index contributed by atoms with van der Waals surface area (Å²) in [7, 11) is 1.60. The van der Waals surface area contributed by atoms with Gasteiger partial charge in [0.25, 0.3) is 5.91 Å². The Labute approximate surface area is 183 Å². The summed E-state index contributed by atoms with van der Waals surface area (Å²) < 4.78 is 44.9. The van der Waals surface area contributed by atoms with Gasteiger partial charge in [0, 0.05) is 31.7 Å². The lowest BCUT2D eigenvalue weighted by Crippen LogP contribution is -2.49. The number of benzene rings is 2. The monoisotopic (exact) mass is 442 g/mol. The molecule has 1 saturated heterocycles. The molecule has 1 fully saturated rings. The first-order valence-electron chi connectivity index (χ1n) is 10.1. The molecule has 0 unspecified atom stereocenters. The van der Waals surface area contributed by atoms with E-state index in [4.69, 9.17) is 4.74 Å². The standard InChI is InChI=1S/C23H21F3N4O2/c1-32-17-8-6-16(7-9-17)20-10-11-21(28-27-20)29-12-14-30(15-13-29)22(31)18-4-2-3-5-19(18)23(24,25)26/h2-11H,12-15H2,1H3. The van der Waals surface area contributed by atoms with E-state index in [0.29, 0.717) is 37.7 Å². The van der Waals surface area contributed by atoms with E-state index in [2.05, 4.69) is 10.2 Å². The molecule has 6 nitrogen and oxygen atoms in total. The van der Waals surface area contributed by atoms with Crippen LogP contribution in [0.3, 0.4) is 0 Å². The van der Waals surface area contributed by atoms with Crippen molar-refractivity contribution in [2.75, 3.05) is 38.2 Å². The van der Waals surface area contributed by atoms with Crippen LogP contribution in [0.4, 0.5) is 19.0 Å². The maximum absolute atomic E-state index is 13.3. The molecule has 166 valence electrons. The van der Waals surface area contributed by atoms with Gasteiger partial charge < -0.3 is 14.5 Å². The maximum Gasteiger partial charge on any atom is 0.417 e. The average Bonchev–Trinajstić information content (AvgIpc) is 2.83. The zero-order valence-electron chi connectivity index (χ0n) is 17.3. The van der Waals surface area contributed by atoms with Gasteiger partial charge in [0.15, 0.2) is 5.82 Å². The van der Waals surface area contributed by atoms with Crippen molar-refractivity contribution in [2.45, 2.75) is 6.18 Å². The normalized spacial score (nSPS) is 14.4. The lowest BCUT2D eigenvalue weighted by atomic mass is 10.1. The van der Waals surface area contributed by atoms with Gasteiger partial charge in [0.1, 0.15) is 5.75 Å². The summed E-state index contributed by atoms with van der Waals surface area (Å²) in [5.41, 5.74) is 0.391. The number of carbonyl (C=O) groups excluding carboxylic acids is 1. The lowest BCUT2D eigenvalue weighted by molar-refractivity contribution is -0.138. The second-order valence-corrected chi connectivity index (χ2v) is 7.33. The Morgan fingerprint density at radius 1 is 0.906 bits per heavy atom. The molecular weight excluding hydrogens is 421 g/mol. The molecule has 4 rings (SSSR count). The van der Waals surface area contributed by atoms with Crippen molar-refractivity contribution >= 4 is 11.7 Å². The number of ether oxygens (including phenoxy) is 1. The Kier molecular flexibility index (Phi) is 5.98. The Morgan fingerprint density at radius 3 is 2.19 bits per heavy atom. The predicted octanol–water partition coefficient (Wildman–Crippen LogP) is 4.13. The van der Waals surface area contributed by atoms with Gasteiger partial charge >= 0.3 is 6.18 Å². The number of halogens is 3. The van der Waals surface area contributed by atoms with Crippen LogP contribution in [0.1, 0.15) is 15.9 Å². The number of nitrogens with zero attached hydrogens (tertiary/aromatic N) is 4. The molecule has 0 saturated carbocycles. The summed E-state index contributed by atoms with van der Waals surface area (Å²) >= 11 is 0. The lowest BCUT2D eigenvalue weighted by Gasteiger charge is -2.35. The molecule has 32 heavy (non-hydrogen) atoms. The number of rotatable bonds is 4. The summed E-state index contributed by atoms with van der Waals surface area (Å²) in [4.78, 5) is 16.1. The van der Waals surface area contributed by atoms with Crippen molar-refractivity contribution in [1.82, 2.24) is 15.1 Å². The fraction of sp³-hybridized carbons (Fsp3) is 0.261. The molecule has 0 atom stereocenters. The van der Waals surface area contributed by atoms with Crippen LogP contribution in [0.2, 0.25) is 0 Å². The van der Waals surface area contributed by atoms with Crippen molar-refractivity contribution in [1.29, 1.82) is 0 Å². The van der Waals surface area contributed by atoms with Crippen LogP contribution in [-0.4, -0.2) is 54.3 Å². The molecule has 3 aromatic rings. The summed E-state index contributed by atoms with van der Waals surface area (Å²) in [6.45, 7) is 1.51. The highest BCUT2D eigenvalue weighted by Crippen LogP contribution is 2.32. The maximum atomic E-state index is 13.3. The van der Waals surface area contributed by atoms with E-state index in [1.807, 2.05) is 41.3 Å². The SMILES string of the molecule is COc1ccc(-c2ccc(N3CCN(C(=O)c4ccccc4C(F)(F)F)CC3)nn2)cc1. The number of hydrogen-bond donors (Lipinski definition) is 0. The highest BCUT2D eigenvalue weighted by molar-refractivity contribution is 5.96. The number of alkyl halides is 3. The van der Waals surface area contributed by atoms with Gasteiger partial charge in [-0.25, -0.2) is 0 Å². The minimum absolute atomic E-state index is 0.299. The first kappa shape index (κ1) is 21.6. The summed E-state index contributed by atoms with van der Waals surface area (Å²) in [5.74, 6) is 0.798. The summed E-state index contributed by atoms with van der Waals surface area (Å²) in [6, 6.07) is 16.1. The van der Waals surface area contributed by atoms with E-state index in [1.165, 1.54) is 23.1 Å². The molecular formula is C23H21F3N4O2. The highest BCUT2D eigenvalue weighted by atomic mass is 19.4. The smallest absolute Gasteiger partial charge is 0.417 e. The number of methoxy groups -OCH3 is 1. The number of amides is 1. The van der Waals surface area contributed by atoms with Crippen molar-refractivity contribution in [3.63, 3.8) is 0 Å². The molecule has 1 aliphatic rings. The second-order valence-electron chi connectivity index (χ2n) is 7.33. The molecule has 2 aromatic carbocycles. The van der Waals surface area contributed by atoms with Crippen LogP contribution < -0.4 is 9.64 Å². The first-order valence-corrected chi connectivity index (χ1v) is 10.1. The number of anilines is 1. The Morgan fingerprint density at radius 2 is 1.59 bits per heavy atom. The molecule has 0 spiro atoms. The topological polar surface area (TPSA) is 58.6 Å². The largest absolute Gasteiger partial charge is 0.497 e. The third kappa shape index (κ3) is 4.51. The van der Waals surface area contributed by atoms with Gasteiger partial charge in [-0.1, -0.05) is 12.1 Å². The molecule has 2 heterocycles. The van der Waals surface area contributed by atoms with Crippen LogP contribution in [-0.2, 0) is 6.18 Å². The van der Waals surface area contributed by atoms with Gasteiger partial charge in [-0.2, -0.15) is 13.2 Å². The minimum Gasteiger partial charge on any atom is -0.497 e. The van der Waals surface area contributed by atoms with Crippen molar-refractivity contribution in [3.8, 4) is 17.0 Å². The number of aromatic nitrogens is 2. The third-order valence-corrected chi connectivity index (χ3v) is 5.39. The van der Waals surface area contributed by atoms with Crippen LogP contribution >= 0.6 is 0 Å². The quantitative estimate of drug-likeness (QED) is 0.608. The van der Waals surface area contributed by atoms with Gasteiger partial charge in [0.05, 0.1) is 23.9 Å². The van der Waals surface area contributed by atoms with E-state index in [9.17, 15) is 18.0 Å². The molecule has 0 N–H and O–H groups in total. The summed E-state index contributed by atoms with van der Waals surface area (Å²) in [6.07, 6.45) is -4.57. The van der Waals surface area contributed by atoms with Crippen LogP contribution in [0, 0.1) is 0 Å². The van der Waals surface area contributed by atoms with Gasteiger partial charge in [0.2, 0.25) is 0 Å². The van der Waals surface area contributed by atoms with E-state index in [1.54, 1.807) is 7.11 Å². The van der Waals surface area contributed by atoms with Crippen LogP contribution in [0.25, 0.3) is 11.3 Å². The molecule has 9 heteroatoms. The first-order chi connectivity index (χ1) is 15.4. The highest BCUT2D eigenvalue weighted by Gasteiger charge is 2.36. The Bertz CT molecular complexity index is 1080. The Balaban J connectivity index is 1.41. The van der Waals surface area contributed by atoms with E-state index < -0.39 is 17.6 Å². The van der Waals surface area contributed by atoms with Crippen LogP contribution in [0.15, 0.2) is 60.7 Å². The molecule has 1 aliphatic heterocycles. The summed E-state index contributed by atoms with van der Waals surface area (Å²) in [5, 5.41) is 8.57. The van der Waals surface area contributed by atoms with Gasteiger partial charge in [-0.3, -0.25) is 4.79 Å². The number of hydrogen-bond acceptors (Lipinski definition) is 5. The molecule has 1 aromatic heterocycles. The fourth-order valence-electron chi connectivity index (χ4n) is 3.64. The van der Waals surface area contributed by atoms with Crippen LogP contribution in [0.5, 0.6) is 5.75 Å². The molecule has 0 radical (unpaired) electrons. The third-order valence-electron chi connectivity index (χ3n) is 5.39. The van der Waals surface area contributed by atoms with Crippen molar-refractivity contribution in [2.24, 2.45) is 0 Å². The van der Waals surface area contributed by atoms with E-state index in [0.717, 1.165) is 17.4 Å². The second kappa shape index (κ2) is 8.86. The number of piperazine rings is 1. The van der Waals surface area contributed by atoms with E-state index in [-0.39, 0.29) is 5.56 Å². The van der Waals surface area contributed by atoms with Crippen molar-refractivity contribution < 1.29 is 22.7 Å². The molecule has 0 bridgehead atoms.